The van der Waals surface area contributed by atoms with Crippen molar-refractivity contribution in [3.8, 4) is 23.1 Å². The van der Waals surface area contributed by atoms with Crippen molar-refractivity contribution in [2.45, 2.75) is 6.92 Å². The summed E-state index contributed by atoms with van der Waals surface area (Å²) in [6, 6.07) is 12.5. The Hall–Kier alpha value is -4.79. The summed E-state index contributed by atoms with van der Waals surface area (Å²) in [6.45, 7) is 5.81. The Bertz CT molecular complexity index is 1900. The molecule has 0 spiro atoms. The number of aromatic hydroxyl groups is 1. The van der Waals surface area contributed by atoms with Crippen molar-refractivity contribution < 1.29 is 28.0 Å². The molecule has 0 radical (unpaired) electrons. The van der Waals surface area contributed by atoms with Crippen LogP contribution < -0.4 is 14.8 Å². The van der Waals surface area contributed by atoms with Gasteiger partial charge < -0.3 is 25.3 Å². The number of benzene rings is 2. The Labute approximate surface area is 260 Å². The third kappa shape index (κ3) is 6.25. The van der Waals surface area contributed by atoms with Crippen molar-refractivity contribution in [3.63, 3.8) is 0 Å². The molecule has 1 aliphatic heterocycles. The minimum Gasteiger partial charge on any atom is -0.506 e. The number of hydrogen-bond acceptors (Lipinski definition) is 9. The number of carbonyl (C=O) groups is 1. The van der Waals surface area contributed by atoms with Gasteiger partial charge in [0.25, 0.3) is 0 Å². The van der Waals surface area contributed by atoms with Gasteiger partial charge in [-0.3, -0.25) is 14.0 Å². The molecule has 0 amide bonds. The zero-order valence-electron chi connectivity index (χ0n) is 24.7. The number of nitrogen functional groups attached to an aromatic ring is 1. The van der Waals surface area contributed by atoms with Crippen molar-refractivity contribution in [2.24, 2.45) is 0 Å². The molecular weight excluding hydrogens is 601 g/mol. The highest BCUT2D eigenvalue weighted by Crippen LogP contribution is 2.34. The molecule has 14 heteroatoms. The summed E-state index contributed by atoms with van der Waals surface area (Å²) in [5.41, 5.74) is 8.95. The van der Waals surface area contributed by atoms with Crippen molar-refractivity contribution in [2.75, 3.05) is 55.7 Å². The SMILES string of the molecule is Cc1cc(Oc2ccccc2F)ncc1-n1ncc(C(=O)c2cc3cc(N(CCN4CCOCC4)S(C)=O)c(O)cc3[nH]2)c1N. The van der Waals surface area contributed by atoms with E-state index < -0.39 is 22.6 Å². The quantitative estimate of drug-likeness (QED) is 0.194. The maximum atomic E-state index is 14.0. The summed E-state index contributed by atoms with van der Waals surface area (Å²) in [6.07, 6.45) is 4.43. The molecule has 1 unspecified atom stereocenters. The van der Waals surface area contributed by atoms with Crippen molar-refractivity contribution >= 4 is 39.2 Å². The molecule has 5 aromatic rings. The van der Waals surface area contributed by atoms with Crippen LogP contribution in [0.3, 0.4) is 0 Å². The Kier molecular flexibility index (Phi) is 8.52. The van der Waals surface area contributed by atoms with Crippen LogP contribution >= 0.6 is 0 Å². The first-order valence-corrected chi connectivity index (χ1v) is 15.8. The first kappa shape index (κ1) is 30.2. The van der Waals surface area contributed by atoms with E-state index >= 15 is 0 Å². The van der Waals surface area contributed by atoms with E-state index in [1.165, 1.54) is 35.3 Å². The number of ketones is 1. The van der Waals surface area contributed by atoms with Crippen LogP contribution in [0.25, 0.3) is 16.6 Å². The van der Waals surface area contributed by atoms with E-state index in [0.29, 0.717) is 54.1 Å². The Morgan fingerprint density at radius 1 is 1.20 bits per heavy atom. The zero-order valence-corrected chi connectivity index (χ0v) is 25.5. The number of phenolic OH excluding ortho intramolecular Hbond substituents is 1. The van der Waals surface area contributed by atoms with Crippen LogP contribution in [0.1, 0.15) is 21.6 Å². The predicted molar refractivity (Wildman–Crippen MR) is 169 cm³/mol. The molecule has 1 fully saturated rings. The maximum Gasteiger partial charge on any atom is 0.219 e. The van der Waals surface area contributed by atoms with Gasteiger partial charge in [-0.05, 0) is 36.8 Å². The number of halogens is 1. The molecule has 0 saturated carbocycles. The third-order valence-corrected chi connectivity index (χ3v) is 8.65. The minimum atomic E-state index is -1.40. The first-order valence-electron chi connectivity index (χ1n) is 14.2. The van der Waals surface area contributed by atoms with Crippen LogP contribution in [0, 0.1) is 12.7 Å². The summed E-state index contributed by atoms with van der Waals surface area (Å²) < 4.78 is 40.7. The number of aryl methyl sites for hydroxylation is 1. The number of hydrogen-bond donors (Lipinski definition) is 3. The Morgan fingerprint density at radius 2 is 1.98 bits per heavy atom. The summed E-state index contributed by atoms with van der Waals surface area (Å²) in [4.78, 5) is 23.1. The molecule has 0 bridgehead atoms. The lowest BCUT2D eigenvalue weighted by molar-refractivity contribution is 0.0395. The number of rotatable bonds is 10. The summed E-state index contributed by atoms with van der Waals surface area (Å²) >= 11 is 0. The molecule has 0 aliphatic carbocycles. The molecular formula is C31H32FN7O5S. The number of pyridine rings is 1. The van der Waals surface area contributed by atoms with E-state index in [9.17, 15) is 18.5 Å². The second kappa shape index (κ2) is 12.7. The number of nitrogens with one attached hydrogen (secondary N) is 1. The molecule has 1 atom stereocenters. The number of anilines is 2. The topological polar surface area (TPSA) is 152 Å². The number of carbonyl (C=O) groups excluding carboxylic acids is 1. The second-order valence-corrected chi connectivity index (χ2v) is 11.9. The van der Waals surface area contributed by atoms with Gasteiger partial charge in [-0.1, -0.05) is 12.1 Å². The van der Waals surface area contributed by atoms with Gasteiger partial charge in [0.1, 0.15) is 22.6 Å². The lowest BCUT2D eigenvalue weighted by atomic mass is 10.1. The normalized spacial score (nSPS) is 14.5. The van der Waals surface area contributed by atoms with Crippen LogP contribution in [0.5, 0.6) is 17.4 Å². The number of ether oxygens (including phenoxy) is 2. The van der Waals surface area contributed by atoms with Gasteiger partial charge >= 0.3 is 0 Å². The van der Waals surface area contributed by atoms with Gasteiger partial charge in [0, 0.05) is 55.5 Å². The standard InChI is InChI=1S/C31H32FN7O5S/c1-19-13-29(44-28-6-4-3-5-22(28)32)34-18-26(19)39-31(33)21(17-35-39)30(41)24-14-20-15-25(27(40)16-23(20)36-24)38(45(2)42)8-7-37-9-11-43-12-10-37/h3-6,13-18,36,40H,7-12,33H2,1-2H3. The number of aromatic nitrogens is 4. The van der Waals surface area contributed by atoms with E-state index in [1.54, 1.807) is 47.8 Å². The monoisotopic (exact) mass is 633 g/mol. The summed E-state index contributed by atoms with van der Waals surface area (Å²) in [5, 5.41) is 15.8. The molecule has 234 valence electrons. The Morgan fingerprint density at radius 3 is 2.71 bits per heavy atom. The average molecular weight is 634 g/mol. The lowest BCUT2D eigenvalue weighted by Gasteiger charge is -2.30. The summed E-state index contributed by atoms with van der Waals surface area (Å²) in [7, 11) is -1.40. The van der Waals surface area contributed by atoms with Gasteiger partial charge in [-0.15, -0.1) is 0 Å². The van der Waals surface area contributed by atoms with Crippen molar-refractivity contribution in [1.29, 1.82) is 0 Å². The van der Waals surface area contributed by atoms with E-state index in [0.717, 1.165) is 13.1 Å². The first-order chi connectivity index (χ1) is 21.7. The molecule has 4 N–H and O–H groups in total. The minimum absolute atomic E-state index is 0.0473. The highest BCUT2D eigenvalue weighted by atomic mass is 32.2. The fourth-order valence-electron chi connectivity index (χ4n) is 5.23. The van der Waals surface area contributed by atoms with E-state index in [1.807, 2.05) is 0 Å². The fourth-order valence-corrected chi connectivity index (χ4v) is 6.00. The number of nitrogens with zero attached hydrogens (tertiary/aromatic N) is 5. The van der Waals surface area contributed by atoms with Crippen LogP contribution in [0.2, 0.25) is 0 Å². The second-order valence-electron chi connectivity index (χ2n) is 10.6. The number of nitrogens with two attached hydrogens (primary N) is 1. The van der Waals surface area contributed by atoms with Crippen molar-refractivity contribution in [1.82, 2.24) is 24.6 Å². The van der Waals surface area contributed by atoms with Gasteiger partial charge in [0.15, 0.2) is 11.6 Å². The van der Waals surface area contributed by atoms with Gasteiger partial charge in [-0.2, -0.15) is 5.10 Å². The van der Waals surface area contributed by atoms with Crippen molar-refractivity contribution in [3.05, 3.63) is 83.6 Å². The largest absolute Gasteiger partial charge is 0.506 e. The van der Waals surface area contributed by atoms with Crippen LogP contribution in [-0.2, 0) is 15.7 Å². The predicted octanol–water partition coefficient (Wildman–Crippen LogP) is 3.94. The fraction of sp³-hybridized carbons (Fsp3) is 0.258. The number of aromatic amines is 1. The Balaban J connectivity index is 1.23. The molecule has 1 saturated heterocycles. The molecule has 4 heterocycles. The van der Waals surface area contributed by atoms with Gasteiger partial charge in [-0.25, -0.2) is 18.3 Å². The zero-order chi connectivity index (χ0) is 31.7. The summed E-state index contributed by atoms with van der Waals surface area (Å²) in [5.74, 6) is -0.625. The maximum absolute atomic E-state index is 14.0. The number of H-pyrrole nitrogens is 1. The molecule has 3 aromatic heterocycles. The van der Waals surface area contributed by atoms with E-state index in [-0.39, 0.29) is 34.5 Å². The van der Waals surface area contributed by atoms with E-state index in [2.05, 4.69) is 20.0 Å². The van der Waals surface area contributed by atoms with Gasteiger partial charge in [0.05, 0.1) is 48.2 Å². The van der Waals surface area contributed by atoms with Crippen LogP contribution in [0.15, 0.2) is 60.9 Å². The highest BCUT2D eigenvalue weighted by molar-refractivity contribution is 7.85. The number of phenols is 1. The third-order valence-electron chi connectivity index (χ3n) is 7.65. The van der Waals surface area contributed by atoms with Crippen LogP contribution in [0.4, 0.5) is 15.9 Å². The lowest BCUT2D eigenvalue weighted by Crippen LogP contribution is -2.41. The molecule has 2 aromatic carbocycles. The average Bonchev–Trinajstić information content (AvgIpc) is 3.61. The molecule has 45 heavy (non-hydrogen) atoms. The van der Waals surface area contributed by atoms with E-state index in [4.69, 9.17) is 15.2 Å². The smallest absolute Gasteiger partial charge is 0.219 e. The van der Waals surface area contributed by atoms with Gasteiger partial charge in [0.2, 0.25) is 11.7 Å². The molecule has 1 aliphatic rings. The number of para-hydroxylation sites is 1. The highest BCUT2D eigenvalue weighted by Gasteiger charge is 2.23. The number of morpholine rings is 1. The number of fused-ring (bicyclic) bond motifs is 1. The molecule has 12 nitrogen and oxygen atoms in total. The van der Waals surface area contributed by atoms with Crippen LogP contribution in [-0.4, -0.2) is 85.4 Å². The molecule has 6 rings (SSSR count).